The third-order valence-corrected chi connectivity index (χ3v) is 8.25. The number of allylic oxidation sites excluding steroid dienone is 2. The molecule has 2 bridgehead atoms. The zero-order valence-electron chi connectivity index (χ0n) is 15.0. The molecule has 1 heterocycles. The summed E-state index contributed by atoms with van der Waals surface area (Å²) >= 11 is 13.8. The van der Waals surface area contributed by atoms with Crippen LogP contribution in [0, 0.1) is 23.7 Å². The number of aliphatic hydroxyl groups excluding tert-OH is 1. The van der Waals surface area contributed by atoms with Crippen LogP contribution in [0.1, 0.15) is 37.3 Å². The monoisotopic (exact) mass is 418 g/mol. The van der Waals surface area contributed by atoms with Gasteiger partial charge in [0.1, 0.15) is 10.1 Å². The van der Waals surface area contributed by atoms with Gasteiger partial charge in [0.25, 0.3) is 0 Å². The van der Waals surface area contributed by atoms with Crippen molar-refractivity contribution in [1.82, 2.24) is 0 Å². The molecule has 1 N–H and O–H groups in total. The highest BCUT2D eigenvalue weighted by Gasteiger charge is 2.57. The van der Waals surface area contributed by atoms with Gasteiger partial charge in [-0.1, -0.05) is 42.3 Å². The molecule has 1 aromatic heterocycles. The topological polar surface area (TPSA) is 37.3 Å². The predicted octanol–water partition coefficient (Wildman–Crippen LogP) is 6.80. The van der Waals surface area contributed by atoms with Gasteiger partial charge in [-0.3, -0.25) is 4.79 Å². The van der Waals surface area contributed by atoms with E-state index in [9.17, 15) is 9.90 Å². The molecule has 0 aliphatic heterocycles. The van der Waals surface area contributed by atoms with Gasteiger partial charge in [-0.2, -0.15) is 0 Å². The van der Waals surface area contributed by atoms with Crippen LogP contribution in [-0.2, 0) is 11.2 Å². The van der Waals surface area contributed by atoms with Crippen LogP contribution < -0.4 is 0 Å². The number of hydrogen-bond acceptors (Lipinski definition) is 3. The second-order valence-electron chi connectivity index (χ2n) is 7.97. The summed E-state index contributed by atoms with van der Waals surface area (Å²) in [4.78, 5) is 13.3. The first kappa shape index (κ1) is 17.8. The van der Waals surface area contributed by atoms with Gasteiger partial charge in [-0.05, 0) is 66.3 Å². The molecule has 2 fully saturated rings. The summed E-state index contributed by atoms with van der Waals surface area (Å²) in [6.07, 6.45) is 4.17. The van der Waals surface area contributed by atoms with Crippen molar-refractivity contribution in [3.8, 4) is 11.1 Å². The molecule has 3 aliphatic carbocycles. The molecule has 27 heavy (non-hydrogen) atoms. The van der Waals surface area contributed by atoms with E-state index in [-0.39, 0.29) is 17.6 Å². The molecular weight excluding hydrogens is 399 g/mol. The summed E-state index contributed by atoms with van der Waals surface area (Å²) < 4.78 is 1.28. The van der Waals surface area contributed by atoms with Crippen LogP contribution in [0.25, 0.3) is 16.7 Å². The van der Waals surface area contributed by atoms with Crippen molar-refractivity contribution < 1.29 is 9.90 Å². The van der Waals surface area contributed by atoms with Gasteiger partial charge in [-0.25, -0.2) is 0 Å². The SMILES string of the molecule is CCc1ccc(-c2cc(Cl)sc2Cl)cc1C1=C(O)[C@@H]2[C@@H]3CC[C@@H](C3)[C@@H]2C1=O. The highest BCUT2D eigenvalue weighted by molar-refractivity contribution is 7.20. The molecule has 0 spiro atoms. The number of fused-ring (bicyclic) bond motifs is 5. The van der Waals surface area contributed by atoms with Crippen LogP contribution in [0.2, 0.25) is 8.67 Å². The average Bonchev–Trinajstić information content (AvgIpc) is 3.39. The summed E-state index contributed by atoms with van der Waals surface area (Å²) in [6.45, 7) is 2.08. The maximum absolute atomic E-state index is 13.3. The number of hydrogen-bond donors (Lipinski definition) is 1. The van der Waals surface area contributed by atoms with Crippen molar-refractivity contribution in [3.63, 3.8) is 0 Å². The number of rotatable bonds is 3. The number of halogens is 2. The fraction of sp³-hybridized carbons (Fsp3) is 0.409. The molecule has 2 saturated carbocycles. The summed E-state index contributed by atoms with van der Waals surface area (Å²) in [5, 5.41) is 11.1. The Labute approximate surface area is 172 Å². The molecule has 140 valence electrons. The molecule has 2 aromatic rings. The minimum atomic E-state index is -0.00806. The number of aryl methyl sites for hydroxylation is 1. The Kier molecular flexibility index (Phi) is 4.19. The molecule has 0 saturated heterocycles. The standard InChI is InChI=1S/C22H20Cl2O2S/c1-2-10-3-4-11(15-9-16(23)27-22(15)24)8-14(10)19-20(25)17-12-5-6-13(7-12)18(17)21(19)26/h3-4,8-9,12-13,17-18,25H,2,5-7H2,1H3/t12-,13+,17-,18+/m1/s1. The smallest absolute Gasteiger partial charge is 0.170 e. The Bertz CT molecular complexity index is 990. The van der Waals surface area contributed by atoms with Crippen LogP contribution in [0.5, 0.6) is 0 Å². The zero-order chi connectivity index (χ0) is 18.9. The fourth-order valence-electron chi connectivity index (χ4n) is 5.61. The quantitative estimate of drug-likeness (QED) is 0.594. The third kappa shape index (κ3) is 2.55. The summed E-state index contributed by atoms with van der Waals surface area (Å²) in [5.41, 5.74) is 4.31. The van der Waals surface area contributed by atoms with Gasteiger partial charge in [0.2, 0.25) is 0 Å². The fourth-order valence-corrected chi connectivity index (χ4v) is 7.12. The van der Waals surface area contributed by atoms with Gasteiger partial charge in [0.15, 0.2) is 5.78 Å². The number of ketones is 1. The van der Waals surface area contributed by atoms with Crippen LogP contribution in [0.4, 0.5) is 0 Å². The van der Waals surface area contributed by atoms with E-state index < -0.39 is 0 Å². The first-order chi connectivity index (χ1) is 13.0. The number of aliphatic hydroxyl groups is 1. The lowest BCUT2D eigenvalue weighted by atomic mass is 9.80. The molecule has 3 aliphatic rings. The van der Waals surface area contributed by atoms with Gasteiger partial charge in [-0.15, -0.1) is 11.3 Å². The first-order valence-electron chi connectivity index (χ1n) is 9.55. The van der Waals surface area contributed by atoms with Crippen LogP contribution >= 0.6 is 34.5 Å². The number of thiophene rings is 1. The van der Waals surface area contributed by atoms with Crippen molar-refractivity contribution in [1.29, 1.82) is 0 Å². The Morgan fingerprint density at radius 1 is 1.11 bits per heavy atom. The predicted molar refractivity (Wildman–Crippen MR) is 112 cm³/mol. The van der Waals surface area contributed by atoms with E-state index in [1.165, 1.54) is 11.3 Å². The van der Waals surface area contributed by atoms with Crippen molar-refractivity contribution >= 4 is 45.9 Å². The number of carbonyl (C=O) groups is 1. The summed E-state index contributed by atoms with van der Waals surface area (Å²) in [6, 6.07) is 7.94. The molecule has 2 nitrogen and oxygen atoms in total. The normalized spacial score (nSPS) is 29.1. The highest BCUT2D eigenvalue weighted by atomic mass is 35.5. The van der Waals surface area contributed by atoms with E-state index in [0.29, 0.717) is 31.8 Å². The number of carbonyl (C=O) groups excluding carboxylic acids is 1. The van der Waals surface area contributed by atoms with E-state index in [1.54, 1.807) is 0 Å². The van der Waals surface area contributed by atoms with Crippen LogP contribution in [0.3, 0.4) is 0 Å². The largest absolute Gasteiger partial charge is 0.511 e. The Balaban J connectivity index is 1.65. The minimum Gasteiger partial charge on any atom is -0.511 e. The van der Waals surface area contributed by atoms with E-state index >= 15 is 0 Å². The van der Waals surface area contributed by atoms with E-state index in [4.69, 9.17) is 23.2 Å². The summed E-state index contributed by atoms with van der Waals surface area (Å²) in [5.74, 6) is 1.43. The van der Waals surface area contributed by atoms with Gasteiger partial charge in [0.05, 0.1) is 9.91 Å². The average molecular weight is 419 g/mol. The van der Waals surface area contributed by atoms with Gasteiger partial charge >= 0.3 is 0 Å². The second kappa shape index (κ2) is 6.37. The minimum absolute atomic E-state index is 0.00806. The number of benzene rings is 1. The van der Waals surface area contributed by atoms with E-state index in [2.05, 4.69) is 6.92 Å². The van der Waals surface area contributed by atoms with Crippen molar-refractivity contribution in [3.05, 3.63) is 49.8 Å². The molecule has 5 heteroatoms. The molecule has 4 atom stereocenters. The van der Waals surface area contributed by atoms with Crippen molar-refractivity contribution in [2.24, 2.45) is 23.7 Å². The lowest BCUT2D eigenvalue weighted by Crippen LogP contribution is -2.24. The lowest BCUT2D eigenvalue weighted by Gasteiger charge is -2.23. The van der Waals surface area contributed by atoms with E-state index in [0.717, 1.165) is 47.9 Å². The first-order valence-corrected chi connectivity index (χ1v) is 11.1. The molecule has 0 radical (unpaired) electrons. The zero-order valence-corrected chi connectivity index (χ0v) is 17.3. The second-order valence-corrected chi connectivity index (χ2v) is 10.3. The van der Waals surface area contributed by atoms with Crippen LogP contribution in [-0.4, -0.2) is 10.9 Å². The maximum Gasteiger partial charge on any atom is 0.170 e. The summed E-state index contributed by atoms with van der Waals surface area (Å²) in [7, 11) is 0. The lowest BCUT2D eigenvalue weighted by molar-refractivity contribution is -0.118. The molecule has 0 amide bonds. The van der Waals surface area contributed by atoms with E-state index in [1.807, 2.05) is 24.3 Å². The Hall–Kier alpha value is -1.29. The molecule has 1 aromatic carbocycles. The van der Waals surface area contributed by atoms with Crippen molar-refractivity contribution in [2.75, 3.05) is 0 Å². The van der Waals surface area contributed by atoms with Gasteiger partial charge in [0, 0.05) is 17.4 Å². The molecular formula is C22H20Cl2O2S. The molecule has 5 rings (SSSR count). The number of Topliss-reactive ketones (excluding diaryl/α,β-unsaturated/α-hetero) is 1. The maximum atomic E-state index is 13.3. The Morgan fingerprint density at radius 2 is 1.85 bits per heavy atom. The Morgan fingerprint density at radius 3 is 2.48 bits per heavy atom. The van der Waals surface area contributed by atoms with Crippen LogP contribution in [0.15, 0.2) is 30.0 Å². The highest BCUT2D eigenvalue weighted by Crippen LogP contribution is 2.60. The molecule has 0 unspecified atom stereocenters. The third-order valence-electron chi connectivity index (χ3n) is 6.77. The van der Waals surface area contributed by atoms with Crippen molar-refractivity contribution in [2.45, 2.75) is 32.6 Å². The van der Waals surface area contributed by atoms with Gasteiger partial charge < -0.3 is 5.11 Å².